The number of nitrogens with one attached hydrogen (secondary N) is 1. The van der Waals surface area contributed by atoms with Gasteiger partial charge in [0.1, 0.15) is 23.7 Å². The summed E-state index contributed by atoms with van der Waals surface area (Å²) in [5.74, 6) is -1.38. The second-order valence-corrected chi connectivity index (χ2v) is 7.72. The van der Waals surface area contributed by atoms with Crippen LogP contribution in [0, 0.1) is 5.82 Å². The van der Waals surface area contributed by atoms with E-state index in [0.717, 1.165) is 4.90 Å². The van der Waals surface area contributed by atoms with Crippen molar-refractivity contribution < 1.29 is 23.5 Å². The van der Waals surface area contributed by atoms with E-state index in [-0.39, 0.29) is 18.0 Å². The van der Waals surface area contributed by atoms with Crippen LogP contribution in [0.4, 0.5) is 14.9 Å². The highest BCUT2D eigenvalue weighted by Gasteiger charge is 2.36. The molecule has 0 spiro atoms. The quantitative estimate of drug-likeness (QED) is 0.407. The minimum absolute atomic E-state index is 0.0424. The summed E-state index contributed by atoms with van der Waals surface area (Å²) in [6.07, 6.45) is 1.39. The molecule has 1 saturated heterocycles. The Morgan fingerprint density at radius 1 is 0.969 bits per heavy atom. The maximum atomic E-state index is 13.8. The lowest BCUT2D eigenvalue weighted by Crippen LogP contribution is -2.54. The Morgan fingerprint density at radius 3 is 2.41 bits per heavy atom. The van der Waals surface area contributed by atoms with Crippen LogP contribution in [0.2, 0.25) is 0 Å². The molecule has 1 heterocycles. The predicted molar refractivity (Wildman–Crippen MR) is 120 cm³/mol. The van der Waals surface area contributed by atoms with E-state index >= 15 is 0 Å². The van der Waals surface area contributed by atoms with Gasteiger partial charge in [-0.1, -0.05) is 42.5 Å². The number of halogens is 2. The van der Waals surface area contributed by atoms with E-state index < -0.39 is 17.8 Å². The normalized spacial score (nSPS) is 15.1. The number of imide groups is 2. The molecule has 4 amide bonds. The van der Waals surface area contributed by atoms with Gasteiger partial charge >= 0.3 is 6.03 Å². The van der Waals surface area contributed by atoms with Crippen LogP contribution in [0.5, 0.6) is 5.75 Å². The van der Waals surface area contributed by atoms with Crippen molar-refractivity contribution in [2.45, 2.75) is 6.61 Å². The molecule has 0 saturated carbocycles. The summed E-state index contributed by atoms with van der Waals surface area (Å²) in [6, 6.07) is 18.8. The molecule has 0 atom stereocenters. The highest BCUT2D eigenvalue weighted by atomic mass is 79.9. The maximum absolute atomic E-state index is 13.8. The van der Waals surface area contributed by atoms with Crippen LogP contribution in [-0.2, 0) is 16.2 Å². The first-order valence-electron chi connectivity index (χ1n) is 9.56. The van der Waals surface area contributed by atoms with Crippen LogP contribution in [0.3, 0.4) is 0 Å². The largest absolute Gasteiger partial charge is 0.488 e. The van der Waals surface area contributed by atoms with Crippen molar-refractivity contribution >= 4 is 45.5 Å². The Kier molecular flexibility index (Phi) is 6.13. The molecule has 0 radical (unpaired) electrons. The third-order valence-electron chi connectivity index (χ3n) is 4.72. The summed E-state index contributed by atoms with van der Waals surface area (Å²) in [6.45, 7) is 0.0424. The van der Waals surface area contributed by atoms with Crippen LogP contribution < -0.4 is 15.0 Å². The third kappa shape index (κ3) is 4.45. The molecule has 6 nitrogen and oxygen atoms in total. The second-order valence-electron chi connectivity index (χ2n) is 6.86. The lowest BCUT2D eigenvalue weighted by molar-refractivity contribution is -0.122. The molecular formula is C24H16BrFN2O4. The van der Waals surface area contributed by atoms with Crippen molar-refractivity contribution in [2.75, 3.05) is 4.90 Å². The fraction of sp³-hybridized carbons (Fsp3) is 0.0417. The van der Waals surface area contributed by atoms with Crippen LogP contribution >= 0.6 is 15.9 Å². The summed E-state index contributed by atoms with van der Waals surface area (Å²) in [5.41, 5.74) is 1.13. The smallest absolute Gasteiger partial charge is 0.335 e. The van der Waals surface area contributed by atoms with Gasteiger partial charge < -0.3 is 4.74 Å². The average molecular weight is 495 g/mol. The zero-order valence-corrected chi connectivity index (χ0v) is 18.1. The Morgan fingerprint density at radius 2 is 1.69 bits per heavy atom. The fourth-order valence-corrected chi connectivity index (χ4v) is 3.64. The van der Waals surface area contributed by atoms with E-state index in [0.29, 0.717) is 27.0 Å². The molecule has 1 N–H and O–H groups in total. The van der Waals surface area contributed by atoms with Gasteiger partial charge in [0.05, 0.1) is 10.2 Å². The number of rotatable bonds is 5. The minimum atomic E-state index is -0.804. The van der Waals surface area contributed by atoms with E-state index in [2.05, 4.69) is 21.2 Å². The molecule has 1 fully saturated rings. The van der Waals surface area contributed by atoms with Gasteiger partial charge in [-0.3, -0.25) is 14.9 Å². The zero-order chi connectivity index (χ0) is 22.7. The Hall–Kier alpha value is -3.78. The van der Waals surface area contributed by atoms with E-state index in [1.54, 1.807) is 66.7 Å². The lowest BCUT2D eigenvalue weighted by Gasteiger charge is -2.26. The monoisotopic (exact) mass is 494 g/mol. The van der Waals surface area contributed by atoms with Gasteiger partial charge in [0.25, 0.3) is 11.8 Å². The minimum Gasteiger partial charge on any atom is -0.488 e. The third-order valence-corrected chi connectivity index (χ3v) is 5.34. The number of barbiturate groups is 1. The van der Waals surface area contributed by atoms with Crippen molar-refractivity contribution in [1.82, 2.24) is 5.32 Å². The van der Waals surface area contributed by atoms with Gasteiger partial charge in [0.2, 0.25) is 0 Å². The van der Waals surface area contributed by atoms with Crippen molar-refractivity contribution in [1.29, 1.82) is 0 Å². The molecule has 32 heavy (non-hydrogen) atoms. The van der Waals surface area contributed by atoms with Crippen molar-refractivity contribution in [3.05, 3.63) is 99.8 Å². The van der Waals surface area contributed by atoms with E-state index in [1.807, 2.05) is 0 Å². The molecule has 8 heteroatoms. The molecular weight excluding hydrogens is 479 g/mol. The number of benzene rings is 3. The van der Waals surface area contributed by atoms with Crippen molar-refractivity contribution in [2.24, 2.45) is 0 Å². The van der Waals surface area contributed by atoms with E-state index in [1.165, 1.54) is 12.1 Å². The first kappa shape index (κ1) is 21.5. The average Bonchev–Trinajstić information content (AvgIpc) is 2.78. The van der Waals surface area contributed by atoms with Crippen molar-refractivity contribution in [3.8, 4) is 5.75 Å². The van der Waals surface area contributed by atoms with Gasteiger partial charge in [0.15, 0.2) is 0 Å². The summed E-state index contributed by atoms with van der Waals surface area (Å²) in [5, 5.41) is 2.19. The lowest BCUT2D eigenvalue weighted by atomic mass is 10.1. The Bertz CT molecular complexity index is 1240. The summed E-state index contributed by atoms with van der Waals surface area (Å²) in [4.78, 5) is 38.3. The van der Waals surface area contributed by atoms with E-state index in [4.69, 9.17) is 4.74 Å². The molecule has 0 unspecified atom stereocenters. The second kappa shape index (κ2) is 9.15. The highest BCUT2D eigenvalue weighted by molar-refractivity contribution is 9.10. The van der Waals surface area contributed by atoms with Gasteiger partial charge in [-0.25, -0.2) is 14.1 Å². The molecule has 1 aliphatic heterocycles. The molecule has 0 aromatic heterocycles. The standard InChI is InChI=1S/C24H16BrFN2O4/c25-19-13-15(10-11-21(19)32-14-16-6-4-5-9-20(16)26)12-18-22(29)27-24(31)28(23(18)30)17-7-2-1-3-8-17/h1-13H,14H2,(H,27,29,31)/b18-12+. The molecule has 3 aromatic rings. The molecule has 1 aliphatic rings. The number of hydrogen-bond acceptors (Lipinski definition) is 4. The van der Waals surface area contributed by atoms with Gasteiger partial charge in [-0.05, 0) is 57.9 Å². The molecule has 3 aromatic carbocycles. The highest BCUT2D eigenvalue weighted by Crippen LogP contribution is 2.29. The number of hydrogen-bond donors (Lipinski definition) is 1. The first-order valence-corrected chi connectivity index (χ1v) is 10.4. The topological polar surface area (TPSA) is 75.7 Å². The summed E-state index contributed by atoms with van der Waals surface area (Å²) in [7, 11) is 0. The van der Waals surface area contributed by atoms with E-state index in [9.17, 15) is 18.8 Å². The Balaban J connectivity index is 1.56. The number of anilines is 1. The maximum Gasteiger partial charge on any atom is 0.335 e. The van der Waals surface area contributed by atoms with Crippen molar-refractivity contribution in [3.63, 3.8) is 0 Å². The SMILES string of the molecule is O=C1NC(=O)N(c2ccccc2)C(=O)/C1=C/c1ccc(OCc2ccccc2F)c(Br)c1. The van der Waals surface area contributed by atoms with Gasteiger partial charge in [-0.15, -0.1) is 0 Å². The molecule has 0 aliphatic carbocycles. The van der Waals surface area contributed by atoms with Crippen LogP contribution in [0.1, 0.15) is 11.1 Å². The molecule has 4 rings (SSSR count). The molecule has 160 valence electrons. The molecule has 0 bridgehead atoms. The van der Waals surface area contributed by atoms with Crippen LogP contribution in [0.15, 0.2) is 82.8 Å². The Labute approximate surface area is 191 Å². The number of carbonyl (C=O) groups is 3. The van der Waals surface area contributed by atoms with Crippen LogP contribution in [0.25, 0.3) is 6.08 Å². The number of ether oxygens (including phenoxy) is 1. The predicted octanol–water partition coefficient (Wildman–Crippen LogP) is 4.83. The number of amides is 4. The van der Waals surface area contributed by atoms with Crippen LogP contribution in [-0.4, -0.2) is 17.8 Å². The summed E-state index contributed by atoms with van der Waals surface area (Å²) >= 11 is 3.39. The number of para-hydroxylation sites is 1. The first-order chi connectivity index (χ1) is 15.4. The number of urea groups is 1. The zero-order valence-electron chi connectivity index (χ0n) is 16.5. The summed E-state index contributed by atoms with van der Waals surface area (Å²) < 4.78 is 20.0. The van der Waals surface area contributed by atoms with Gasteiger partial charge in [0, 0.05) is 5.56 Å². The number of carbonyl (C=O) groups excluding carboxylic acids is 3. The van der Waals surface area contributed by atoms with Gasteiger partial charge in [-0.2, -0.15) is 0 Å². The fourth-order valence-electron chi connectivity index (χ4n) is 3.13. The number of nitrogens with zero attached hydrogens (tertiary/aromatic N) is 1.